The van der Waals surface area contributed by atoms with Crippen LogP contribution in [0.2, 0.25) is 0 Å². The van der Waals surface area contributed by atoms with Crippen molar-refractivity contribution in [2.75, 3.05) is 37.6 Å². The van der Waals surface area contributed by atoms with Crippen LogP contribution >= 0.6 is 0 Å². The van der Waals surface area contributed by atoms with Crippen LogP contribution in [0.5, 0.6) is 0 Å². The van der Waals surface area contributed by atoms with E-state index in [1.165, 1.54) is 17.0 Å². The van der Waals surface area contributed by atoms with Crippen molar-refractivity contribution >= 4 is 23.4 Å². The highest BCUT2D eigenvalue weighted by molar-refractivity contribution is 6.06. The molecule has 0 radical (unpaired) electrons. The molecule has 2 saturated heterocycles. The molecule has 0 N–H and O–H groups in total. The number of anilines is 1. The van der Waals surface area contributed by atoms with E-state index in [0.29, 0.717) is 45.6 Å². The molecule has 4 aliphatic rings. The summed E-state index contributed by atoms with van der Waals surface area (Å²) in [5, 5.41) is 0. The fraction of sp³-hybridized carbons (Fsp3) is 0.522. The second-order valence-corrected chi connectivity index (χ2v) is 8.78. The number of piperazine rings is 1. The number of amides is 3. The Balaban J connectivity index is 1.09. The Bertz CT molecular complexity index is 861. The maximum absolute atomic E-state index is 13.1. The maximum Gasteiger partial charge on any atom is 0.233 e. The molecule has 3 amide bonds. The number of hydrogen-bond donors (Lipinski definition) is 0. The SMILES string of the molecule is O=C(CCCN1C(=O)[C@@H]2[C@@H](C1=O)[C@H]1C=C[C@H]2C1)N1CCN(c2ccc(F)cc2)CC1. The summed E-state index contributed by atoms with van der Waals surface area (Å²) >= 11 is 0. The molecule has 0 aromatic heterocycles. The van der Waals surface area contributed by atoms with Crippen molar-refractivity contribution in [1.29, 1.82) is 0 Å². The molecule has 0 spiro atoms. The first kappa shape index (κ1) is 19.3. The second-order valence-electron chi connectivity index (χ2n) is 8.78. The van der Waals surface area contributed by atoms with Crippen molar-refractivity contribution in [2.24, 2.45) is 23.7 Å². The number of carbonyl (C=O) groups excluding carboxylic acids is 3. The summed E-state index contributed by atoms with van der Waals surface area (Å²) < 4.78 is 13.1. The average molecular weight is 411 g/mol. The minimum Gasteiger partial charge on any atom is -0.368 e. The van der Waals surface area contributed by atoms with Gasteiger partial charge in [-0.3, -0.25) is 19.3 Å². The van der Waals surface area contributed by atoms with Crippen LogP contribution in [-0.2, 0) is 14.4 Å². The quantitative estimate of drug-likeness (QED) is 0.550. The van der Waals surface area contributed by atoms with Gasteiger partial charge in [0.15, 0.2) is 0 Å². The molecule has 2 bridgehead atoms. The number of nitrogens with zero attached hydrogens (tertiary/aromatic N) is 3. The molecule has 1 aromatic carbocycles. The van der Waals surface area contributed by atoms with Crippen molar-refractivity contribution in [3.8, 4) is 0 Å². The van der Waals surface area contributed by atoms with Gasteiger partial charge in [-0.2, -0.15) is 0 Å². The summed E-state index contributed by atoms with van der Waals surface area (Å²) in [7, 11) is 0. The predicted octanol–water partition coefficient (Wildman–Crippen LogP) is 2.06. The van der Waals surface area contributed by atoms with E-state index in [1.807, 2.05) is 4.90 Å². The number of imide groups is 1. The highest BCUT2D eigenvalue weighted by Crippen LogP contribution is 2.52. The standard InChI is InChI=1S/C23H26FN3O3/c24-17-5-7-18(8-6-17)25-10-12-26(13-11-25)19(28)2-1-9-27-22(29)20-15-3-4-16(14-15)21(20)23(27)30/h3-8,15-16,20-21H,1-2,9-14H2/t15-,16-,20-,21-/m0/s1. The van der Waals surface area contributed by atoms with Crippen LogP contribution in [-0.4, -0.2) is 60.2 Å². The van der Waals surface area contributed by atoms with Crippen molar-refractivity contribution < 1.29 is 18.8 Å². The molecule has 2 aliphatic carbocycles. The fourth-order valence-corrected chi connectivity index (χ4v) is 5.60. The lowest BCUT2D eigenvalue weighted by atomic mass is 9.85. The zero-order valence-electron chi connectivity index (χ0n) is 16.9. The summed E-state index contributed by atoms with van der Waals surface area (Å²) in [5.41, 5.74) is 0.962. The second kappa shape index (κ2) is 7.52. The minimum absolute atomic E-state index is 0.0396. The van der Waals surface area contributed by atoms with Crippen LogP contribution in [0, 0.1) is 29.5 Å². The van der Waals surface area contributed by atoms with E-state index in [9.17, 15) is 18.8 Å². The zero-order chi connectivity index (χ0) is 20.8. The Kier molecular flexibility index (Phi) is 4.83. The number of rotatable bonds is 5. The molecule has 7 heteroatoms. The maximum atomic E-state index is 13.1. The summed E-state index contributed by atoms with van der Waals surface area (Å²) in [6.07, 6.45) is 5.97. The van der Waals surface area contributed by atoms with Gasteiger partial charge in [-0.15, -0.1) is 0 Å². The number of allylic oxidation sites excluding steroid dienone is 2. The van der Waals surface area contributed by atoms with Crippen LogP contribution in [0.3, 0.4) is 0 Å². The molecule has 2 aliphatic heterocycles. The normalized spacial score (nSPS) is 29.8. The van der Waals surface area contributed by atoms with E-state index in [-0.39, 0.29) is 47.2 Å². The monoisotopic (exact) mass is 411 g/mol. The number of fused-ring (bicyclic) bond motifs is 5. The van der Waals surface area contributed by atoms with E-state index < -0.39 is 0 Å². The largest absolute Gasteiger partial charge is 0.368 e. The topological polar surface area (TPSA) is 60.9 Å². The van der Waals surface area contributed by atoms with E-state index >= 15 is 0 Å². The molecule has 4 atom stereocenters. The van der Waals surface area contributed by atoms with Gasteiger partial charge >= 0.3 is 0 Å². The van der Waals surface area contributed by atoms with Crippen molar-refractivity contribution in [2.45, 2.75) is 19.3 Å². The van der Waals surface area contributed by atoms with E-state index in [2.05, 4.69) is 17.1 Å². The lowest BCUT2D eigenvalue weighted by molar-refractivity contribution is -0.141. The number of carbonyl (C=O) groups is 3. The zero-order valence-corrected chi connectivity index (χ0v) is 16.9. The fourth-order valence-electron chi connectivity index (χ4n) is 5.60. The minimum atomic E-state index is -0.255. The van der Waals surface area contributed by atoms with Gasteiger partial charge in [-0.1, -0.05) is 12.2 Å². The van der Waals surface area contributed by atoms with Gasteiger partial charge in [-0.25, -0.2) is 4.39 Å². The Morgan fingerprint density at radius 2 is 1.53 bits per heavy atom. The molecule has 0 unspecified atom stereocenters. The first-order valence-electron chi connectivity index (χ1n) is 10.8. The third-order valence-electron chi connectivity index (χ3n) is 7.16. The number of benzene rings is 1. The van der Waals surface area contributed by atoms with Gasteiger partial charge in [0, 0.05) is 44.8 Å². The Morgan fingerprint density at radius 3 is 2.13 bits per heavy atom. The van der Waals surface area contributed by atoms with Crippen molar-refractivity contribution in [3.05, 3.63) is 42.2 Å². The van der Waals surface area contributed by atoms with Gasteiger partial charge < -0.3 is 9.80 Å². The molecule has 30 heavy (non-hydrogen) atoms. The molecule has 158 valence electrons. The molecule has 5 rings (SSSR count). The smallest absolute Gasteiger partial charge is 0.233 e. The highest BCUT2D eigenvalue weighted by atomic mass is 19.1. The third kappa shape index (κ3) is 3.20. The van der Waals surface area contributed by atoms with E-state index in [1.54, 1.807) is 12.1 Å². The van der Waals surface area contributed by atoms with Crippen LogP contribution in [0.4, 0.5) is 10.1 Å². The van der Waals surface area contributed by atoms with Crippen LogP contribution < -0.4 is 4.90 Å². The van der Waals surface area contributed by atoms with Gasteiger partial charge in [-0.05, 0) is 48.9 Å². The van der Waals surface area contributed by atoms with Crippen LogP contribution in [0.1, 0.15) is 19.3 Å². The Morgan fingerprint density at radius 1 is 0.933 bits per heavy atom. The van der Waals surface area contributed by atoms with Crippen molar-refractivity contribution in [1.82, 2.24) is 9.80 Å². The van der Waals surface area contributed by atoms with Crippen molar-refractivity contribution in [3.63, 3.8) is 0 Å². The molecule has 1 saturated carbocycles. The van der Waals surface area contributed by atoms with Crippen LogP contribution in [0.15, 0.2) is 36.4 Å². The predicted molar refractivity (Wildman–Crippen MR) is 109 cm³/mol. The highest BCUT2D eigenvalue weighted by Gasteiger charge is 2.58. The summed E-state index contributed by atoms with van der Waals surface area (Å²) in [6, 6.07) is 6.41. The van der Waals surface area contributed by atoms with Gasteiger partial charge in [0.2, 0.25) is 17.7 Å². The van der Waals surface area contributed by atoms with Crippen LogP contribution in [0.25, 0.3) is 0 Å². The van der Waals surface area contributed by atoms with E-state index in [4.69, 9.17) is 0 Å². The lowest BCUT2D eigenvalue weighted by Crippen LogP contribution is -2.48. The van der Waals surface area contributed by atoms with Gasteiger partial charge in [0.25, 0.3) is 0 Å². The first-order chi connectivity index (χ1) is 14.5. The summed E-state index contributed by atoms with van der Waals surface area (Å²) in [4.78, 5) is 43.4. The number of hydrogen-bond acceptors (Lipinski definition) is 4. The molecule has 3 fully saturated rings. The number of likely N-dealkylation sites (tertiary alicyclic amines) is 1. The van der Waals surface area contributed by atoms with Gasteiger partial charge in [0.05, 0.1) is 11.8 Å². The Hall–Kier alpha value is -2.70. The average Bonchev–Trinajstić information content (AvgIpc) is 3.44. The molecular weight excluding hydrogens is 385 g/mol. The molecule has 6 nitrogen and oxygen atoms in total. The van der Waals surface area contributed by atoms with Gasteiger partial charge in [0.1, 0.15) is 5.82 Å². The molecule has 2 heterocycles. The summed E-state index contributed by atoms with van der Waals surface area (Å²) in [6.45, 7) is 3.00. The third-order valence-corrected chi connectivity index (χ3v) is 7.16. The Labute approximate surface area is 175 Å². The van der Waals surface area contributed by atoms with E-state index in [0.717, 1.165) is 12.1 Å². The first-order valence-corrected chi connectivity index (χ1v) is 10.8. The molecule has 1 aromatic rings. The summed E-state index contributed by atoms with van der Waals surface area (Å²) in [5.74, 6) is -0.152. The lowest BCUT2D eigenvalue weighted by Gasteiger charge is -2.36. The molecular formula is C23H26FN3O3. The number of halogens is 1.